The first-order valence-corrected chi connectivity index (χ1v) is 7.56. The Balaban J connectivity index is 2.10. The van der Waals surface area contributed by atoms with E-state index in [2.05, 4.69) is 34.7 Å². The van der Waals surface area contributed by atoms with Gasteiger partial charge < -0.3 is 10.6 Å². The van der Waals surface area contributed by atoms with E-state index in [0.29, 0.717) is 28.2 Å². The monoisotopic (exact) mass is 315 g/mol. The third-order valence-electron chi connectivity index (χ3n) is 2.66. The molecular formula is C13H15Cl2N3S. The zero-order valence-electron chi connectivity index (χ0n) is 10.8. The summed E-state index contributed by atoms with van der Waals surface area (Å²) in [5.41, 5.74) is 0. The molecule has 0 fully saturated rings. The molecule has 0 saturated carbocycles. The van der Waals surface area contributed by atoms with Crippen LogP contribution in [0.3, 0.4) is 0 Å². The number of rotatable bonds is 5. The van der Waals surface area contributed by atoms with Gasteiger partial charge >= 0.3 is 0 Å². The maximum atomic E-state index is 6.12. The lowest BCUT2D eigenvalue weighted by atomic mass is 10.3. The van der Waals surface area contributed by atoms with Crippen LogP contribution >= 0.6 is 34.5 Å². The summed E-state index contributed by atoms with van der Waals surface area (Å²) in [5, 5.41) is 7.21. The van der Waals surface area contributed by atoms with Gasteiger partial charge in [0.25, 0.3) is 0 Å². The molecule has 0 aliphatic carbocycles. The molecule has 6 heteroatoms. The lowest BCUT2D eigenvalue weighted by Crippen LogP contribution is -2.03. The SMILES string of the molecule is CCc1ccc(CNc2nc(NC)c(Cl)cc2Cl)s1. The predicted molar refractivity (Wildman–Crippen MR) is 84.8 cm³/mol. The number of hydrogen-bond acceptors (Lipinski definition) is 4. The standard InChI is InChI=1S/C13H15Cl2N3S/c1-3-8-4-5-9(19-8)7-17-13-11(15)6-10(14)12(16-2)18-13/h4-6H,3,7H2,1-2H3,(H2,16,17,18). The molecule has 0 atom stereocenters. The molecule has 19 heavy (non-hydrogen) atoms. The number of pyridine rings is 1. The summed E-state index contributed by atoms with van der Waals surface area (Å²) in [6, 6.07) is 5.97. The topological polar surface area (TPSA) is 37.0 Å². The highest BCUT2D eigenvalue weighted by Crippen LogP contribution is 2.29. The van der Waals surface area contributed by atoms with Gasteiger partial charge in [-0.1, -0.05) is 30.1 Å². The Labute approximate surface area is 127 Å². The van der Waals surface area contributed by atoms with E-state index in [4.69, 9.17) is 23.2 Å². The molecule has 0 amide bonds. The van der Waals surface area contributed by atoms with E-state index in [9.17, 15) is 0 Å². The summed E-state index contributed by atoms with van der Waals surface area (Å²) in [4.78, 5) is 6.99. The van der Waals surface area contributed by atoms with E-state index in [1.54, 1.807) is 24.5 Å². The molecule has 2 rings (SSSR count). The van der Waals surface area contributed by atoms with Crippen LogP contribution < -0.4 is 10.6 Å². The molecular weight excluding hydrogens is 301 g/mol. The Morgan fingerprint density at radius 3 is 2.47 bits per heavy atom. The second-order valence-corrected chi connectivity index (χ2v) is 6.04. The molecule has 0 aliphatic rings. The van der Waals surface area contributed by atoms with Crippen molar-refractivity contribution in [2.45, 2.75) is 19.9 Å². The molecule has 0 aromatic carbocycles. The second-order valence-electron chi connectivity index (χ2n) is 3.97. The Bertz CT molecular complexity index is 569. The molecule has 0 saturated heterocycles. The molecule has 0 radical (unpaired) electrons. The Morgan fingerprint density at radius 2 is 1.84 bits per heavy atom. The molecule has 2 heterocycles. The summed E-state index contributed by atoms with van der Waals surface area (Å²) >= 11 is 13.9. The van der Waals surface area contributed by atoms with Gasteiger partial charge in [-0.2, -0.15) is 0 Å². The molecule has 102 valence electrons. The normalized spacial score (nSPS) is 10.5. The Kier molecular flexibility index (Phi) is 4.91. The number of halogens is 2. The summed E-state index contributed by atoms with van der Waals surface area (Å²) in [6.45, 7) is 2.86. The van der Waals surface area contributed by atoms with Crippen LogP contribution in [0.4, 0.5) is 11.6 Å². The smallest absolute Gasteiger partial charge is 0.147 e. The molecule has 2 aromatic rings. The van der Waals surface area contributed by atoms with E-state index in [1.807, 2.05) is 0 Å². The lowest BCUT2D eigenvalue weighted by molar-refractivity contribution is 1.14. The van der Waals surface area contributed by atoms with Gasteiger partial charge in [-0.05, 0) is 24.6 Å². The number of anilines is 2. The van der Waals surface area contributed by atoms with Gasteiger partial charge in [0.15, 0.2) is 0 Å². The number of thiophene rings is 1. The highest BCUT2D eigenvalue weighted by atomic mass is 35.5. The number of nitrogens with one attached hydrogen (secondary N) is 2. The van der Waals surface area contributed by atoms with Gasteiger partial charge in [-0.25, -0.2) is 4.98 Å². The fraction of sp³-hybridized carbons (Fsp3) is 0.308. The van der Waals surface area contributed by atoms with E-state index in [-0.39, 0.29) is 0 Å². The number of nitrogens with zero attached hydrogens (tertiary/aromatic N) is 1. The van der Waals surface area contributed by atoms with E-state index in [0.717, 1.165) is 6.42 Å². The average molecular weight is 316 g/mol. The Hall–Kier alpha value is -0.970. The molecule has 0 unspecified atom stereocenters. The highest BCUT2D eigenvalue weighted by molar-refractivity contribution is 7.12. The van der Waals surface area contributed by atoms with Crippen LogP contribution in [-0.2, 0) is 13.0 Å². The van der Waals surface area contributed by atoms with Crippen LogP contribution in [0, 0.1) is 0 Å². The fourth-order valence-electron chi connectivity index (χ4n) is 1.64. The third-order valence-corrected chi connectivity index (χ3v) is 4.47. The fourth-order valence-corrected chi connectivity index (χ4v) is 3.06. The maximum absolute atomic E-state index is 6.12. The molecule has 2 N–H and O–H groups in total. The van der Waals surface area contributed by atoms with Crippen LogP contribution in [0.15, 0.2) is 18.2 Å². The van der Waals surface area contributed by atoms with Crippen molar-refractivity contribution in [3.8, 4) is 0 Å². The van der Waals surface area contributed by atoms with Gasteiger partial charge in [-0.3, -0.25) is 0 Å². The summed E-state index contributed by atoms with van der Waals surface area (Å²) < 4.78 is 0. The van der Waals surface area contributed by atoms with E-state index >= 15 is 0 Å². The number of aryl methyl sites for hydroxylation is 1. The van der Waals surface area contributed by atoms with Crippen molar-refractivity contribution in [2.24, 2.45) is 0 Å². The number of aromatic nitrogens is 1. The average Bonchev–Trinajstić information content (AvgIpc) is 2.86. The molecule has 3 nitrogen and oxygen atoms in total. The zero-order valence-corrected chi connectivity index (χ0v) is 13.1. The minimum Gasteiger partial charge on any atom is -0.372 e. The van der Waals surface area contributed by atoms with Crippen molar-refractivity contribution >= 4 is 46.2 Å². The summed E-state index contributed by atoms with van der Waals surface area (Å²) in [6.07, 6.45) is 1.06. The van der Waals surface area contributed by atoms with Crippen LogP contribution in [0.25, 0.3) is 0 Å². The molecule has 0 bridgehead atoms. The first kappa shape index (κ1) is 14.4. The first-order valence-electron chi connectivity index (χ1n) is 5.99. The van der Waals surface area contributed by atoms with Crippen molar-refractivity contribution < 1.29 is 0 Å². The lowest BCUT2D eigenvalue weighted by Gasteiger charge is -2.10. The van der Waals surface area contributed by atoms with Crippen molar-refractivity contribution in [3.63, 3.8) is 0 Å². The van der Waals surface area contributed by atoms with Crippen LogP contribution in [0.5, 0.6) is 0 Å². The van der Waals surface area contributed by atoms with E-state index < -0.39 is 0 Å². The third kappa shape index (κ3) is 3.53. The van der Waals surface area contributed by atoms with E-state index in [1.165, 1.54) is 9.75 Å². The van der Waals surface area contributed by atoms with Crippen LogP contribution in [-0.4, -0.2) is 12.0 Å². The first-order chi connectivity index (χ1) is 9.13. The zero-order chi connectivity index (χ0) is 13.8. The van der Waals surface area contributed by atoms with Crippen molar-refractivity contribution in [1.29, 1.82) is 0 Å². The molecule has 2 aromatic heterocycles. The van der Waals surface area contributed by atoms with Gasteiger partial charge in [0.1, 0.15) is 11.6 Å². The van der Waals surface area contributed by atoms with Gasteiger partial charge in [0, 0.05) is 16.8 Å². The summed E-state index contributed by atoms with van der Waals surface area (Å²) in [7, 11) is 1.78. The van der Waals surface area contributed by atoms with Gasteiger partial charge in [-0.15, -0.1) is 11.3 Å². The molecule has 0 spiro atoms. The highest BCUT2D eigenvalue weighted by Gasteiger charge is 2.08. The molecule has 0 aliphatic heterocycles. The maximum Gasteiger partial charge on any atom is 0.147 e. The minimum absolute atomic E-state index is 0.516. The second kappa shape index (κ2) is 6.46. The quantitative estimate of drug-likeness (QED) is 0.842. The summed E-state index contributed by atoms with van der Waals surface area (Å²) in [5.74, 6) is 1.26. The predicted octanol–water partition coefficient (Wildman–Crippen LogP) is 4.67. The minimum atomic E-state index is 0.516. The van der Waals surface area contributed by atoms with Crippen LogP contribution in [0.1, 0.15) is 16.7 Å². The van der Waals surface area contributed by atoms with Gasteiger partial charge in [0.2, 0.25) is 0 Å². The van der Waals surface area contributed by atoms with Crippen LogP contribution in [0.2, 0.25) is 10.0 Å². The van der Waals surface area contributed by atoms with Gasteiger partial charge in [0.05, 0.1) is 16.6 Å². The number of hydrogen-bond donors (Lipinski definition) is 2. The largest absolute Gasteiger partial charge is 0.372 e. The van der Waals surface area contributed by atoms with Crippen molar-refractivity contribution in [1.82, 2.24) is 4.98 Å². The van der Waals surface area contributed by atoms with Crippen molar-refractivity contribution in [2.75, 3.05) is 17.7 Å². The van der Waals surface area contributed by atoms with Crippen molar-refractivity contribution in [3.05, 3.63) is 38.0 Å². The Morgan fingerprint density at radius 1 is 1.16 bits per heavy atom.